The highest BCUT2D eigenvalue weighted by Gasteiger charge is 2.32. The van der Waals surface area contributed by atoms with Gasteiger partial charge in [-0.05, 0) is 36.2 Å². The average molecular weight is 546 g/mol. The number of anilines is 1. The molecule has 35 heavy (non-hydrogen) atoms. The highest BCUT2D eigenvalue weighted by molar-refractivity contribution is 7.92. The van der Waals surface area contributed by atoms with Crippen molar-refractivity contribution in [2.45, 2.75) is 25.9 Å². The lowest BCUT2D eigenvalue weighted by Gasteiger charge is -2.33. The zero-order valence-corrected chi connectivity index (χ0v) is 22.5. The third kappa shape index (κ3) is 7.16. The van der Waals surface area contributed by atoms with Gasteiger partial charge in [-0.3, -0.25) is 13.9 Å². The molecular formula is C23H29Cl2N3O6S. The summed E-state index contributed by atoms with van der Waals surface area (Å²) in [6, 6.07) is 8.56. The van der Waals surface area contributed by atoms with Gasteiger partial charge in [-0.25, -0.2) is 8.42 Å². The summed E-state index contributed by atoms with van der Waals surface area (Å²) in [5.41, 5.74) is 0.678. The molecule has 9 nitrogen and oxygen atoms in total. The molecule has 0 radical (unpaired) electrons. The van der Waals surface area contributed by atoms with Gasteiger partial charge in [-0.15, -0.1) is 0 Å². The van der Waals surface area contributed by atoms with Crippen molar-refractivity contribution in [1.82, 2.24) is 10.2 Å². The number of benzene rings is 2. The van der Waals surface area contributed by atoms with Crippen molar-refractivity contribution >= 4 is 50.7 Å². The first kappa shape index (κ1) is 28.5. The number of nitrogens with zero attached hydrogens (tertiary/aromatic N) is 2. The Morgan fingerprint density at radius 1 is 1.09 bits per heavy atom. The van der Waals surface area contributed by atoms with Crippen LogP contribution in [0.2, 0.25) is 10.0 Å². The van der Waals surface area contributed by atoms with Gasteiger partial charge in [0.2, 0.25) is 21.8 Å². The van der Waals surface area contributed by atoms with Crippen LogP contribution in [0.25, 0.3) is 0 Å². The minimum absolute atomic E-state index is 0.0341. The van der Waals surface area contributed by atoms with Crippen molar-refractivity contribution in [2.24, 2.45) is 0 Å². The Morgan fingerprint density at radius 2 is 1.77 bits per heavy atom. The lowest BCUT2D eigenvalue weighted by Crippen LogP contribution is -2.51. The van der Waals surface area contributed by atoms with E-state index in [4.69, 9.17) is 32.7 Å². The van der Waals surface area contributed by atoms with Crippen LogP contribution in [0.4, 0.5) is 5.69 Å². The van der Waals surface area contributed by atoms with Gasteiger partial charge < -0.3 is 19.7 Å². The standard InChI is InChI=1S/C23H29Cl2N3O6S/c1-6-19(23(30)26-2)27(13-15-7-8-16(24)11-18(15)25)22(29)14-28(35(5,31)32)20-12-17(33-3)9-10-21(20)34-4/h7-12,19H,6,13-14H2,1-5H3,(H,26,30). The molecule has 0 bridgehead atoms. The molecule has 0 fully saturated rings. The van der Waals surface area contributed by atoms with E-state index in [9.17, 15) is 18.0 Å². The number of likely N-dealkylation sites (N-methyl/N-ethyl adjacent to an activating group) is 1. The number of halogens is 2. The minimum atomic E-state index is -3.94. The number of carbonyl (C=O) groups is 2. The van der Waals surface area contributed by atoms with E-state index in [1.54, 1.807) is 31.2 Å². The maximum atomic E-state index is 13.6. The molecule has 0 aromatic heterocycles. The molecule has 2 amide bonds. The second-order valence-electron chi connectivity index (χ2n) is 7.60. The number of methoxy groups -OCH3 is 2. The molecule has 0 aliphatic heterocycles. The first-order chi connectivity index (χ1) is 16.5. The van der Waals surface area contributed by atoms with Crippen LogP contribution < -0.4 is 19.1 Å². The van der Waals surface area contributed by atoms with E-state index in [2.05, 4.69) is 5.32 Å². The molecule has 1 unspecified atom stereocenters. The SMILES string of the molecule is CCC(C(=O)NC)N(Cc1ccc(Cl)cc1Cl)C(=O)CN(c1cc(OC)ccc1OC)S(C)(=O)=O. The molecule has 12 heteroatoms. The maximum Gasteiger partial charge on any atom is 0.244 e. The van der Waals surface area contributed by atoms with Gasteiger partial charge in [0.15, 0.2) is 0 Å². The third-order valence-electron chi connectivity index (χ3n) is 5.32. The smallest absolute Gasteiger partial charge is 0.244 e. The highest BCUT2D eigenvalue weighted by Crippen LogP contribution is 2.34. The van der Waals surface area contributed by atoms with E-state index in [0.717, 1.165) is 10.6 Å². The first-order valence-corrected chi connectivity index (χ1v) is 13.2. The highest BCUT2D eigenvalue weighted by atomic mass is 35.5. The molecule has 192 valence electrons. The lowest BCUT2D eigenvalue weighted by atomic mass is 10.1. The summed E-state index contributed by atoms with van der Waals surface area (Å²) in [6.07, 6.45) is 1.27. The van der Waals surface area contributed by atoms with E-state index in [-0.39, 0.29) is 24.4 Å². The van der Waals surface area contributed by atoms with Crippen LogP contribution in [0.15, 0.2) is 36.4 Å². The molecule has 0 saturated carbocycles. The minimum Gasteiger partial charge on any atom is -0.497 e. The molecular weight excluding hydrogens is 517 g/mol. The number of rotatable bonds is 11. The molecule has 2 aromatic rings. The zero-order chi connectivity index (χ0) is 26.3. The van der Waals surface area contributed by atoms with Crippen LogP contribution in [0.1, 0.15) is 18.9 Å². The molecule has 0 saturated heterocycles. The Morgan fingerprint density at radius 3 is 2.29 bits per heavy atom. The second kappa shape index (κ2) is 12.3. The Kier molecular flexibility index (Phi) is 10.1. The molecule has 1 atom stereocenters. The van der Waals surface area contributed by atoms with Crippen LogP contribution >= 0.6 is 23.2 Å². The summed E-state index contributed by atoms with van der Waals surface area (Å²) >= 11 is 12.3. The van der Waals surface area contributed by atoms with Gasteiger partial charge in [0.25, 0.3) is 0 Å². The monoisotopic (exact) mass is 545 g/mol. The summed E-state index contributed by atoms with van der Waals surface area (Å²) in [4.78, 5) is 27.6. The number of nitrogens with one attached hydrogen (secondary N) is 1. The van der Waals surface area contributed by atoms with Crippen molar-refractivity contribution in [3.8, 4) is 11.5 Å². The molecule has 0 aliphatic rings. The number of sulfonamides is 1. The fraction of sp³-hybridized carbons (Fsp3) is 0.391. The maximum absolute atomic E-state index is 13.6. The number of hydrogen-bond donors (Lipinski definition) is 1. The van der Waals surface area contributed by atoms with Crippen LogP contribution in [0.5, 0.6) is 11.5 Å². The normalized spacial score (nSPS) is 12.0. The van der Waals surface area contributed by atoms with Crippen LogP contribution in [0.3, 0.4) is 0 Å². The summed E-state index contributed by atoms with van der Waals surface area (Å²) in [5, 5.41) is 3.29. The van der Waals surface area contributed by atoms with E-state index < -0.39 is 34.4 Å². The van der Waals surface area contributed by atoms with E-state index in [0.29, 0.717) is 21.4 Å². The largest absolute Gasteiger partial charge is 0.497 e. The number of ether oxygens (including phenoxy) is 2. The predicted molar refractivity (Wildman–Crippen MR) is 137 cm³/mol. The first-order valence-electron chi connectivity index (χ1n) is 10.6. The topological polar surface area (TPSA) is 105 Å². The van der Waals surface area contributed by atoms with E-state index in [1.807, 2.05) is 0 Å². The van der Waals surface area contributed by atoms with E-state index in [1.165, 1.54) is 38.3 Å². The van der Waals surface area contributed by atoms with Gasteiger partial charge in [0.05, 0.1) is 26.2 Å². The Hall–Kier alpha value is -2.69. The lowest BCUT2D eigenvalue weighted by molar-refractivity contribution is -0.140. The second-order valence-corrected chi connectivity index (χ2v) is 10.4. The van der Waals surface area contributed by atoms with Crippen molar-refractivity contribution in [1.29, 1.82) is 0 Å². The van der Waals surface area contributed by atoms with Crippen LogP contribution in [-0.4, -0.2) is 65.2 Å². The summed E-state index contributed by atoms with van der Waals surface area (Å²) in [7, 11) is 0.351. The third-order valence-corrected chi connectivity index (χ3v) is 7.04. The van der Waals surface area contributed by atoms with Crippen LogP contribution in [-0.2, 0) is 26.2 Å². The van der Waals surface area contributed by atoms with Gasteiger partial charge in [0.1, 0.15) is 24.1 Å². The summed E-state index contributed by atoms with van der Waals surface area (Å²) < 4.78 is 37.0. The number of amides is 2. The van der Waals surface area contributed by atoms with Gasteiger partial charge in [-0.2, -0.15) is 0 Å². The van der Waals surface area contributed by atoms with Crippen LogP contribution in [0, 0.1) is 0 Å². The molecule has 1 N–H and O–H groups in total. The summed E-state index contributed by atoms with van der Waals surface area (Å²) in [6.45, 7) is 1.14. The van der Waals surface area contributed by atoms with Crippen molar-refractivity contribution < 1.29 is 27.5 Å². The van der Waals surface area contributed by atoms with Crippen molar-refractivity contribution in [3.05, 3.63) is 52.0 Å². The van der Waals surface area contributed by atoms with E-state index >= 15 is 0 Å². The molecule has 0 spiro atoms. The van der Waals surface area contributed by atoms with Crippen molar-refractivity contribution in [3.63, 3.8) is 0 Å². The molecule has 0 aliphatic carbocycles. The zero-order valence-electron chi connectivity index (χ0n) is 20.2. The quantitative estimate of drug-likeness (QED) is 0.464. The average Bonchev–Trinajstić information content (AvgIpc) is 2.82. The predicted octanol–water partition coefficient (Wildman–Crippen LogP) is 3.33. The Balaban J connectivity index is 2.55. The summed E-state index contributed by atoms with van der Waals surface area (Å²) in [5.74, 6) is -0.393. The fourth-order valence-electron chi connectivity index (χ4n) is 3.51. The van der Waals surface area contributed by atoms with Crippen molar-refractivity contribution in [2.75, 3.05) is 38.4 Å². The Labute approximate surface area is 215 Å². The molecule has 2 rings (SSSR count). The number of carbonyl (C=O) groups excluding carboxylic acids is 2. The molecule has 0 heterocycles. The Bertz CT molecular complexity index is 1180. The van der Waals surface area contributed by atoms with Gasteiger partial charge in [0, 0.05) is 29.7 Å². The molecule has 2 aromatic carbocycles. The fourth-order valence-corrected chi connectivity index (χ4v) is 4.82. The van der Waals surface area contributed by atoms with Gasteiger partial charge in [-0.1, -0.05) is 36.2 Å². The number of hydrogen-bond acceptors (Lipinski definition) is 6. The van der Waals surface area contributed by atoms with Gasteiger partial charge >= 0.3 is 0 Å².